The number of anilines is 1. The molecule has 0 bridgehead atoms. The molecule has 5 nitrogen and oxygen atoms in total. The van der Waals surface area contributed by atoms with E-state index in [-0.39, 0.29) is 6.04 Å². The van der Waals surface area contributed by atoms with E-state index in [1.807, 2.05) is 24.3 Å². The second-order valence-electron chi connectivity index (χ2n) is 6.14. The number of nitrogens with zero attached hydrogens (tertiary/aromatic N) is 5. The first-order valence-corrected chi connectivity index (χ1v) is 8.80. The number of halogens is 1. The van der Waals surface area contributed by atoms with Gasteiger partial charge in [-0.1, -0.05) is 0 Å². The zero-order valence-corrected chi connectivity index (χ0v) is 14.6. The van der Waals surface area contributed by atoms with Crippen LogP contribution in [0.5, 0.6) is 0 Å². The number of hydrogen-bond acceptors (Lipinski definition) is 6. The Hall–Kier alpha value is -2.04. The largest absolute Gasteiger partial charge is 0.357 e. The van der Waals surface area contributed by atoms with Gasteiger partial charge in [-0.15, -0.1) is 11.3 Å². The molecule has 3 rings (SSSR count). The standard InChI is InChI=1S/C17H20FN5S/c1-12-21-15(11-24-12)9-23-8-14(18)6-16(23)10-22(2)17-13(7-19)4-3-5-20-17/h3-5,11,14,16H,6,8-10H2,1-2H3/t14-,16-/m0/s1. The summed E-state index contributed by atoms with van der Waals surface area (Å²) >= 11 is 1.62. The first-order chi connectivity index (χ1) is 11.6. The summed E-state index contributed by atoms with van der Waals surface area (Å²) in [6.45, 7) is 3.71. The lowest BCUT2D eigenvalue weighted by Gasteiger charge is -2.28. The zero-order chi connectivity index (χ0) is 17.1. The van der Waals surface area contributed by atoms with Gasteiger partial charge >= 0.3 is 0 Å². The Morgan fingerprint density at radius 1 is 1.54 bits per heavy atom. The molecule has 2 aromatic heterocycles. The molecule has 0 amide bonds. The number of hydrogen-bond donors (Lipinski definition) is 0. The van der Waals surface area contributed by atoms with Gasteiger partial charge < -0.3 is 4.90 Å². The average molecular weight is 345 g/mol. The molecule has 0 aromatic carbocycles. The topological polar surface area (TPSA) is 56.1 Å². The maximum Gasteiger partial charge on any atom is 0.146 e. The van der Waals surface area contributed by atoms with E-state index >= 15 is 0 Å². The van der Waals surface area contributed by atoms with Crippen molar-refractivity contribution in [1.29, 1.82) is 5.26 Å². The van der Waals surface area contributed by atoms with Gasteiger partial charge in [0.1, 0.15) is 18.1 Å². The third-order valence-electron chi connectivity index (χ3n) is 4.26. The minimum atomic E-state index is -0.817. The van der Waals surface area contributed by atoms with Gasteiger partial charge in [-0.25, -0.2) is 14.4 Å². The van der Waals surface area contributed by atoms with Crippen molar-refractivity contribution in [2.24, 2.45) is 0 Å². The van der Waals surface area contributed by atoms with E-state index in [0.29, 0.717) is 37.4 Å². The highest BCUT2D eigenvalue weighted by Gasteiger charge is 2.33. The Morgan fingerprint density at radius 2 is 2.38 bits per heavy atom. The van der Waals surface area contributed by atoms with Crippen molar-refractivity contribution in [3.63, 3.8) is 0 Å². The molecule has 1 saturated heterocycles. The Balaban J connectivity index is 1.71. The van der Waals surface area contributed by atoms with Gasteiger partial charge in [0, 0.05) is 44.3 Å². The van der Waals surface area contributed by atoms with Crippen LogP contribution in [0.1, 0.15) is 22.7 Å². The third kappa shape index (κ3) is 3.71. The third-order valence-corrected chi connectivity index (χ3v) is 5.08. The molecule has 3 heterocycles. The number of rotatable bonds is 5. The van der Waals surface area contributed by atoms with Crippen LogP contribution >= 0.6 is 11.3 Å². The van der Waals surface area contributed by atoms with E-state index < -0.39 is 6.17 Å². The number of pyridine rings is 1. The summed E-state index contributed by atoms with van der Waals surface area (Å²) in [4.78, 5) is 12.9. The molecular weight excluding hydrogens is 325 g/mol. The molecule has 7 heteroatoms. The monoisotopic (exact) mass is 345 g/mol. The van der Waals surface area contributed by atoms with Gasteiger partial charge in [0.2, 0.25) is 0 Å². The highest BCUT2D eigenvalue weighted by atomic mass is 32.1. The molecule has 0 spiro atoms. The number of thiazole rings is 1. The van der Waals surface area contributed by atoms with Gasteiger partial charge in [-0.05, 0) is 25.5 Å². The van der Waals surface area contributed by atoms with Gasteiger partial charge in [0.05, 0.1) is 16.3 Å². The maximum atomic E-state index is 14.0. The summed E-state index contributed by atoms with van der Waals surface area (Å²) in [5.41, 5.74) is 1.53. The molecule has 0 radical (unpaired) electrons. The second-order valence-corrected chi connectivity index (χ2v) is 7.20. The molecule has 1 aliphatic heterocycles. The summed E-state index contributed by atoms with van der Waals surface area (Å²) in [6, 6.07) is 5.75. The summed E-state index contributed by atoms with van der Waals surface area (Å²) in [7, 11) is 1.90. The van der Waals surface area contributed by atoms with Crippen molar-refractivity contribution >= 4 is 17.2 Å². The molecular formula is C17H20FN5S. The molecule has 0 aliphatic carbocycles. The second kappa shape index (κ2) is 7.24. The number of aromatic nitrogens is 2. The first-order valence-electron chi connectivity index (χ1n) is 7.92. The summed E-state index contributed by atoms with van der Waals surface area (Å²) in [5.74, 6) is 0.645. The summed E-state index contributed by atoms with van der Waals surface area (Å²) in [5, 5.41) is 12.3. The van der Waals surface area contributed by atoms with E-state index in [2.05, 4.69) is 20.9 Å². The average Bonchev–Trinajstić information content (AvgIpc) is 3.13. The van der Waals surface area contributed by atoms with Crippen LogP contribution in [0.3, 0.4) is 0 Å². The fraction of sp³-hybridized carbons (Fsp3) is 0.471. The van der Waals surface area contributed by atoms with E-state index in [1.165, 1.54) is 0 Å². The van der Waals surface area contributed by atoms with Crippen LogP contribution in [0.25, 0.3) is 0 Å². The highest BCUT2D eigenvalue weighted by molar-refractivity contribution is 7.09. The normalized spacial score (nSPS) is 20.9. The molecule has 1 fully saturated rings. The van der Waals surface area contributed by atoms with Crippen LogP contribution in [0.2, 0.25) is 0 Å². The molecule has 24 heavy (non-hydrogen) atoms. The number of aryl methyl sites for hydroxylation is 1. The fourth-order valence-electron chi connectivity index (χ4n) is 3.19. The van der Waals surface area contributed by atoms with Crippen LogP contribution < -0.4 is 4.90 Å². The van der Waals surface area contributed by atoms with Gasteiger partial charge in [0.25, 0.3) is 0 Å². The number of likely N-dealkylation sites (N-methyl/N-ethyl adjacent to an activating group) is 1. The quantitative estimate of drug-likeness (QED) is 0.834. The lowest BCUT2D eigenvalue weighted by Crippen LogP contribution is -2.39. The van der Waals surface area contributed by atoms with Crippen LogP contribution in [0.15, 0.2) is 23.7 Å². The highest BCUT2D eigenvalue weighted by Crippen LogP contribution is 2.25. The number of nitriles is 1. The Labute approximate surface area is 145 Å². The van der Waals surface area contributed by atoms with Gasteiger partial charge in [-0.2, -0.15) is 5.26 Å². The maximum absolute atomic E-state index is 14.0. The number of alkyl halides is 1. The van der Waals surface area contributed by atoms with Crippen molar-refractivity contribution in [2.45, 2.75) is 32.1 Å². The van der Waals surface area contributed by atoms with E-state index in [0.717, 1.165) is 10.7 Å². The predicted molar refractivity (Wildman–Crippen MR) is 92.8 cm³/mol. The number of likely N-dealkylation sites (tertiary alicyclic amines) is 1. The summed E-state index contributed by atoms with van der Waals surface area (Å²) in [6.07, 6.45) is 1.36. The van der Waals surface area contributed by atoms with E-state index in [1.54, 1.807) is 29.7 Å². The summed E-state index contributed by atoms with van der Waals surface area (Å²) < 4.78 is 14.0. The molecule has 0 saturated carbocycles. The fourth-order valence-corrected chi connectivity index (χ4v) is 3.79. The lowest BCUT2D eigenvalue weighted by atomic mass is 10.2. The minimum Gasteiger partial charge on any atom is -0.357 e. The van der Waals surface area contributed by atoms with E-state index in [9.17, 15) is 9.65 Å². The van der Waals surface area contributed by atoms with Gasteiger partial charge in [-0.3, -0.25) is 4.90 Å². The van der Waals surface area contributed by atoms with Crippen molar-refractivity contribution in [1.82, 2.24) is 14.9 Å². The first kappa shape index (κ1) is 16.8. The lowest BCUT2D eigenvalue weighted by molar-refractivity contribution is 0.235. The van der Waals surface area contributed by atoms with Crippen LogP contribution in [0.4, 0.5) is 10.2 Å². The molecule has 126 valence electrons. The molecule has 0 unspecified atom stereocenters. The van der Waals surface area contributed by atoms with Crippen LogP contribution in [-0.2, 0) is 6.54 Å². The predicted octanol–water partition coefficient (Wildman–Crippen LogP) is 2.77. The SMILES string of the molecule is Cc1nc(CN2C[C@@H](F)C[C@H]2CN(C)c2ncccc2C#N)cs1. The van der Waals surface area contributed by atoms with Crippen LogP contribution in [0, 0.1) is 18.3 Å². The molecule has 2 aromatic rings. The van der Waals surface area contributed by atoms with Gasteiger partial charge in [0.15, 0.2) is 0 Å². The van der Waals surface area contributed by atoms with Crippen molar-refractivity contribution in [2.75, 3.05) is 25.0 Å². The molecule has 1 aliphatic rings. The Kier molecular flexibility index (Phi) is 5.07. The van der Waals surface area contributed by atoms with E-state index in [4.69, 9.17) is 0 Å². The van der Waals surface area contributed by atoms with Crippen molar-refractivity contribution in [3.8, 4) is 6.07 Å². The minimum absolute atomic E-state index is 0.0838. The van der Waals surface area contributed by atoms with Crippen molar-refractivity contribution < 1.29 is 4.39 Å². The smallest absolute Gasteiger partial charge is 0.146 e. The van der Waals surface area contributed by atoms with Crippen LogP contribution in [-0.4, -0.2) is 47.2 Å². The molecule has 2 atom stereocenters. The Bertz CT molecular complexity index is 741. The Morgan fingerprint density at radius 3 is 3.08 bits per heavy atom. The zero-order valence-electron chi connectivity index (χ0n) is 13.8. The molecule has 0 N–H and O–H groups in total. The van der Waals surface area contributed by atoms with Crippen molar-refractivity contribution in [3.05, 3.63) is 40.0 Å².